The summed E-state index contributed by atoms with van der Waals surface area (Å²) >= 11 is 1.42. The summed E-state index contributed by atoms with van der Waals surface area (Å²) in [6.45, 7) is 1.69. The van der Waals surface area contributed by atoms with E-state index in [9.17, 15) is 4.79 Å². The topological polar surface area (TPSA) is 68.0 Å². The molecule has 0 unspecified atom stereocenters. The maximum atomic E-state index is 11.9. The van der Waals surface area contributed by atoms with E-state index in [4.69, 9.17) is 4.42 Å². The van der Waals surface area contributed by atoms with Gasteiger partial charge in [-0.3, -0.25) is 4.79 Å². The van der Waals surface area contributed by atoms with Gasteiger partial charge < -0.3 is 9.73 Å². The Balaban J connectivity index is 1.85. The van der Waals surface area contributed by atoms with E-state index in [0.717, 1.165) is 10.1 Å². The molecule has 6 heteroatoms. The molecular weight excluding hydrogens is 250 g/mol. The number of benzene rings is 1. The van der Waals surface area contributed by atoms with Gasteiger partial charge in [0.05, 0.1) is 4.70 Å². The molecule has 1 amide bonds. The fourth-order valence-electron chi connectivity index (χ4n) is 1.61. The molecule has 0 saturated carbocycles. The summed E-state index contributed by atoms with van der Waals surface area (Å²) in [6, 6.07) is 5.64. The Kier molecular flexibility index (Phi) is 2.56. The minimum atomic E-state index is -0.283. The number of aryl methyl sites for hydroxylation is 1. The smallest absolute Gasteiger partial charge is 0.277 e. The van der Waals surface area contributed by atoms with Crippen molar-refractivity contribution in [3.05, 3.63) is 42.2 Å². The SMILES string of the molecule is Cc1nc(C(=O)Nc2ccc3sncc3c2)co1. The number of aromatic nitrogens is 2. The zero-order chi connectivity index (χ0) is 12.5. The highest BCUT2D eigenvalue weighted by atomic mass is 32.1. The van der Waals surface area contributed by atoms with Gasteiger partial charge in [0.25, 0.3) is 5.91 Å². The zero-order valence-corrected chi connectivity index (χ0v) is 10.3. The van der Waals surface area contributed by atoms with Crippen molar-refractivity contribution in [3.8, 4) is 0 Å². The summed E-state index contributed by atoms with van der Waals surface area (Å²) < 4.78 is 10.2. The molecule has 0 bridgehead atoms. The van der Waals surface area contributed by atoms with E-state index in [0.29, 0.717) is 11.6 Å². The number of rotatable bonds is 2. The molecule has 1 N–H and O–H groups in total. The van der Waals surface area contributed by atoms with Gasteiger partial charge >= 0.3 is 0 Å². The lowest BCUT2D eigenvalue weighted by Gasteiger charge is -2.02. The van der Waals surface area contributed by atoms with E-state index in [1.807, 2.05) is 18.2 Å². The second kappa shape index (κ2) is 4.23. The lowest BCUT2D eigenvalue weighted by Crippen LogP contribution is -2.12. The summed E-state index contributed by atoms with van der Waals surface area (Å²) in [6.07, 6.45) is 3.12. The van der Waals surface area contributed by atoms with Gasteiger partial charge in [-0.2, -0.15) is 4.37 Å². The maximum Gasteiger partial charge on any atom is 0.277 e. The average Bonchev–Trinajstić information content (AvgIpc) is 2.96. The van der Waals surface area contributed by atoms with Crippen LogP contribution in [0.15, 0.2) is 35.1 Å². The zero-order valence-electron chi connectivity index (χ0n) is 9.51. The summed E-state index contributed by atoms with van der Waals surface area (Å²) in [7, 11) is 0. The van der Waals surface area contributed by atoms with Gasteiger partial charge in [0.1, 0.15) is 6.26 Å². The van der Waals surface area contributed by atoms with Crippen LogP contribution >= 0.6 is 11.5 Å². The third-order valence-corrected chi connectivity index (χ3v) is 3.24. The van der Waals surface area contributed by atoms with Crippen molar-refractivity contribution in [2.24, 2.45) is 0 Å². The van der Waals surface area contributed by atoms with Crippen LogP contribution in [-0.2, 0) is 0 Å². The van der Waals surface area contributed by atoms with Crippen molar-refractivity contribution in [1.82, 2.24) is 9.36 Å². The summed E-state index contributed by atoms with van der Waals surface area (Å²) in [5, 5.41) is 3.78. The van der Waals surface area contributed by atoms with E-state index in [1.54, 1.807) is 13.1 Å². The first-order valence-electron chi connectivity index (χ1n) is 5.30. The molecular formula is C12H9N3O2S. The molecule has 0 atom stereocenters. The number of hydrogen-bond donors (Lipinski definition) is 1. The third-order valence-electron chi connectivity index (χ3n) is 2.46. The number of carbonyl (C=O) groups excluding carboxylic acids is 1. The van der Waals surface area contributed by atoms with Crippen molar-refractivity contribution in [2.45, 2.75) is 6.92 Å². The van der Waals surface area contributed by atoms with Crippen LogP contribution in [0.3, 0.4) is 0 Å². The van der Waals surface area contributed by atoms with E-state index in [1.165, 1.54) is 17.8 Å². The largest absolute Gasteiger partial charge is 0.448 e. The van der Waals surface area contributed by atoms with Crippen molar-refractivity contribution in [1.29, 1.82) is 0 Å². The predicted octanol–water partition coefficient (Wildman–Crippen LogP) is 2.85. The first-order chi connectivity index (χ1) is 8.72. The van der Waals surface area contributed by atoms with Crippen LogP contribution in [0.2, 0.25) is 0 Å². The van der Waals surface area contributed by atoms with E-state index in [2.05, 4.69) is 14.7 Å². The molecule has 2 heterocycles. The van der Waals surface area contributed by atoms with Crippen LogP contribution < -0.4 is 5.32 Å². The monoisotopic (exact) mass is 259 g/mol. The number of nitrogens with one attached hydrogen (secondary N) is 1. The number of fused-ring (bicyclic) bond motifs is 1. The summed E-state index contributed by atoms with van der Waals surface area (Å²) in [5.41, 5.74) is 0.990. The minimum Gasteiger partial charge on any atom is -0.448 e. The number of hydrogen-bond acceptors (Lipinski definition) is 5. The van der Waals surface area contributed by atoms with Crippen molar-refractivity contribution >= 4 is 33.2 Å². The predicted molar refractivity (Wildman–Crippen MR) is 68.8 cm³/mol. The fourth-order valence-corrected chi connectivity index (χ4v) is 2.24. The van der Waals surface area contributed by atoms with E-state index < -0.39 is 0 Å². The van der Waals surface area contributed by atoms with Gasteiger partial charge in [0.15, 0.2) is 11.6 Å². The lowest BCUT2D eigenvalue weighted by molar-refractivity contribution is 0.102. The molecule has 90 valence electrons. The third kappa shape index (κ3) is 1.98. The number of amides is 1. The molecule has 3 aromatic rings. The Morgan fingerprint density at radius 3 is 3.11 bits per heavy atom. The number of anilines is 1. The Morgan fingerprint density at radius 1 is 1.44 bits per heavy atom. The molecule has 0 aliphatic carbocycles. The van der Waals surface area contributed by atoms with Crippen LogP contribution in [0.5, 0.6) is 0 Å². The fraction of sp³-hybridized carbons (Fsp3) is 0.0833. The Labute approximate surface area is 107 Å². The molecule has 1 aromatic carbocycles. The van der Waals surface area contributed by atoms with Gasteiger partial charge in [-0.25, -0.2) is 4.98 Å². The first kappa shape index (κ1) is 10.9. The molecule has 0 radical (unpaired) electrons. The van der Waals surface area contributed by atoms with Gasteiger partial charge in [0, 0.05) is 24.2 Å². The van der Waals surface area contributed by atoms with Gasteiger partial charge in [0.2, 0.25) is 0 Å². The maximum absolute atomic E-state index is 11.9. The molecule has 0 spiro atoms. The summed E-state index contributed by atoms with van der Waals surface area (Å²) in [5.74, 6) is 0.187. The van der Waals surface area contributed by atoms with E-state index >= 15 is 0 Å². The van der Waals surface area contributed by atoms with Crippen LogP contribution in [0.25, 0.3) is 10.1 Å². The first-order valence-corrected chi connectivity index (χ1v) is 6.07. The number of oxazole rings is 1. The normalized spacial score (nSPS) is 10.7. The quantitative estimate of drug-likeness (QED) is 0.768. The second-order valence-electron chi connectivity index (χ2n) is 3.78. The highest BCUT2D eigenvalue weighted by Gasteiger charge is 2.11. The Morgan fingerprint density at radius 2 is 2.33 bits per heavy atom. The van der Waals surface area contributed by atoms with Crippen molar-refractivity contribution in [2.75, 3.05) is 5.32 Å². The van der Waals surface area contributed by atoms with Crippen LogP contribution in [0.1, 0.15) is 16.4 Å². The van der Waals surface area contributed by atoms with Crippen molar-refractivity contribution in [3.63, 3.8) is 0 Å². The number of carbonyl (C=O) groups is 1. The van der Waals surface area contributed by atoms with Crippen molar-refractivity contribution < 1.29 is 9.21 Å². The summed E-state index contributed by atoms with van der Waals surface area (Å²) in [4.78, 5) is 15.8. The van der Waals surface area contributed by atoms with E-state index in [-0.39, 0.29) is 11.6 Å². The molecule has 18 heavy (non-hydrogen) atoms. The van der Waals surface area contributed by atoms with Gasteiger partial charge in [-0.1, -0.05) is 0 Å². The average molecular weight is 259 g/mol. The highest BCUT2D eigenvalue weighted by molar-refractivity contribution is 7.13. The molecule has 0 saturated heterocycles. The molecule has 5 nitrogen and oxygen atoms in total. The Hall–Kier alpha value is -2.21. The Bertz CT molecular complexity index is 717. The van der Waals surface area contributed by atoms with Gasteiger partial charge in [-0.05, 0) is 29.7 Å². The second-order valence-corrected chi connectivity index (χ2v) is 4.62. The minimum absolute atomic E-state index is 0.274. The molecule has 0 aliphatic rings. The van der Waals surface area contributed by atoms with Crippen LogP contribution in [0.4, 0.5) is 5.69 Å². The standard InChI is InChI=1S/C12H9N3O2S/c1-7-14-10(6-17-7)12(16)15-9-2-3-11-8(4-9)5-13-18-11/h2-6H,1H3,(H,15,16). The van der Waals surface area contributed by atoms with Gasteiger partial charge in [-0.15, -0.1) is 0 Å². The lowest BCUT2D eigenvalue weighted by atomic mass is 10.2. The molecule has 0 aliphatic heterocycles. The number of nitrogens with zero attached hydrogens (tertiary/aromatic N) is 2. The molecule has 3 rings (SSSR count). The highest BCUT2D eigenvalue weighted by Crippen LogP contribution is 2.22. The molecule has 2 aromatic heterocycles. The van der Waals surface area contributed by atoms with Crippen LogP contribution in [-0.4, -0.2) is 15.3 Å². The molecule has 0 fully saturated rings. The van der Waals surface area contributed by atoms with Crippen LogP contribution in [0, 0.1) is 6.92 Å².